The fourth-order valence-corrected chi connectivity index (χ4v) is 3.01. The molecule has 0 fully saturated rings. The van der Waals surface area contributed by atoms with Gasteiger partial charge in [0.15, 0.2) is 0 Å². The minimum Gasteiger partial charge on any atom is -0.489 e. The van der Waals surface area contributed by atoms with Gasteiger partial charge in [-0.15, -0.1) is 0 Å². The molecule has 0 aliphatic heterocycles. The summed E-state index contributed by atoms with van der Waals surface area (Å²) in [4.78, 5) is 11.5. The molecule has 3 rings (SSSR count). The van der Waals surface area contributed by atoms with Gasteiger partial charge in [-0.05, 0) is 47.6 Å². The normalized spacial score (nSPS) is 16.1. The van der Waals surface area contributed by atoms with E-state index in [1.807, 2.05) is 24.3 Å². The number of methoxy groups -OCH3 is 1. The minimum atomic E-state index is -0.137. The van der Waals surface area contributed by atoms with Gasteiger partial charge in [-0.25, -0.2) is 0 Å². The molecular formula is C19H20O3. The van der Waals surface area contributed by atoms with E-state index >= 15 is 0 Å². The number of esters is 1. The van der Waals surface area contributed by atoms with Gasteiger partial charge in [0.2, 0.25) is 0 Å². The zero-order chi connectivity index (χ0) is 15.4. The molecule has 0 spiro atoms. The van der Waals surface area contributed by atoms with Crippen LogP contribution < -0.4 is 4.74 Å². The summed E-state index contributed by atoms with van der Waals surface area (Å²) in [6.07, 6.45) is 2.47. The van der Waals surface area contributed by atoms with Crippen molar-refractivity contribution in [3.8, 4) is 5.75 Å². The molecule has 0 aromatic heterocycles. The van der Waals surface area contributed by atoms with Gasteiger partial charge >= 0.3 is 5.97 Å². The van der Waals surface area contributed by atoms with Gasteiger partial charge in [0, 0.05) is 0 Å². The molecule has 2 aromatic carbocycles. The van der Waals surface area contributed by atoms with Crippen molar-refractivity contribution >= 4 is 5.97 Å². The summed E-state index contributed by atoms with van der Waals surface area (Å²) >= 11 is 0. The topological polar surface area (TPSA) is 35.5 Å². The predicted octanol–water partition coefficient (Wildman–Crippen LogP) is 3.86. The van der Waals surface area contributed by atoms with Crippen molar-refractivity contribution < 1.29 is 14.3 Å². The number of fused-ring (bicyclic) bond motifs is 1. The Morgan fingerprint density at radius 2 is 2.00 bits per heavy atom. The van der Waals surface area contributed by atoms with Crippen LogP contribution in [0.15, 0.2) is 48.5 Å². The van der Waals surface area contributed by atoms with Gasteiger partial charge in [0.1, 0.15) is 12.4 Å². The van der Waals surface area contributed by atoms with Gasteiger partial charge in [0.25, 0.3) is 0 Å². The van der Waals surface area contributed by atoms with E-state index in [1.165, 1.54) is 18.2 Å². The lowest BCUT2D eigenvalue weighted by Gasteiger charge is -2.11. The smallest absolute Gasteiger partial charge is 0.306 e. The van der Waals surface area contributed by atoms with Crippen molar-refractivity contribution in [2.75, 3.05) is 7.11 Å². The second kappa shape index (κ2) is 6.65. The largest absolute Gasteiger partial charge is 0.489 e. The molecule has 1 unspecified atom stereocenters. The second-order valence-corrected chi connectivity index (χ2v) is 5.65. The van der Waals surface area contributed by atoms with E-state index in [0.29, 0.717) is 13.0 Å². The third-order valence-electron chi connectivity index (χ3n) is 4.21. The summed E-state index contributed by atoms with van der Waals surface area (Å²) in [5, 5.41) is 0. The van der Waals surface area contributed by atoms with Crippen LogP contribution in [-0.4, -0.2) is 13.1 Å². The van der Waals surface area contributed by atoms with Crippen molar-refractivity contribution in [1.29, 1.82) is 0 Å². The van der Waals surface area contributed by atoms with E-state index in [0.717, 1.165) is 24.2 Å². The Morgan fingerprint density at radius 1 is 1.18 bits per heavy atom. The Balaban J connectivity index is 1.66. The summed E-state index contributed by atoms with van der Waals surface area (Å²) in [6.45, 7) is 0.575. The molecule has 0 saturated heterocycles. The van der Waals surface area contributed by atoms with E-state index in [-0.39, 0.29) is 11.9 Å². The molecule has 3 heteroatoms. The van der Waals surface area contributed by atoms with Crippen LogP contribution in [0.25, 0.3) is 0 Å². The summed E-state index contributed by atoms with van der Waals surface area (Å²) in [7, 11) is 1.44. The standard InChI is InChI=1S/C19H20O3/c1-21-19(20)12-16-8-7-15-11-17(9-10-18(15)16)22-13-14-5-3-2-4-6-14/h2-6,9-11,16H,7-8,12-13H2,1H3. The summed E-state index contributed by atoms with van der Waals surface area (Å²) in [5.74, 6) is 1.04. The maximum atomic E-state index is 11.5. The van der Waals surface area contributed by atoms with Crippen LogP contribution in [0.2, 0.25) is 0 Å². The van der Waals surface area contributed by atoms with Crippen molar-refractivity contribution in [2.24, 2.45) is 0 Å². The van der Waals surface area contributed by atoms with E-state index in [2.05, 4.69) is 24.3 Å². The van der Waals surface area contributed by atoms with E-state index < -0.39 is 0 Å². The molecule has 114 valence electrons. The molecule has 1 atom stereocenters. The van der Waals surface area contributed by atoms with E-state index in [1.54, 1.807) is 0 Å². The molecule has 1 aliphatic carbocycles. The Hall–Kier alpha value is -2.29. The van der Waals surface area contributed by atoms with Gasteiger partial charge < -0.3 is 9.47 Å². The fraction of sp³-hybridized carbons (Fsp3) is 0.316. The van der Waals surface area contributed by atoms with Crippen LogP contribution in [-0.2, 0) is 22.6 Å². The number of carbonyl (C=O) groups is 1. The molecule has 0 bridgehead atoms. The molecule has 2 aromatic rings. The number of rotatable bonds is 5. The average Bonchev–Trinajstić information content (AvgIpc) is 2.96. The van der Waals surface area contributed by atoms with Gasteiger partial charge in [-0.3, -0.25) is 4.79 Å². The van der Waals surface area contributed by atoms with Crippen LogP contribution in [0.5, 0.6) is 5.75 Å². The monoisotopic (exact) mass is 296 g/mol. The number of hydrogen-bond acceptors (Lipinski definition) is 3. The van der Waals surface area contributed by atoms with Crippen LogP contribution in [0, 0.1) is 0 Å². The van der Waals surface area contributed by atoms with Gasteiger partial charge in [-0.2, -0.15) is 0 Å². The molecular weight excluding hydrogens is 276 g/mol. The molecule has 0 heterocycles. The number of ether oxygens (including phenoxy) is 2. The van der Waals surface area contributed by atoms with Crippen LogP contribution in [0.4, 0.5) is 0 Å². The maximum absolute atomic E-state index is 11.5. The van der Waals surface area contributed by atoms with Gasteiger partial charge in [0.05, 0.1) is 13.5 Å². The SMILES string of the molecule is COC(=O)CC1CCc2cc(OCc3ccccc3)ccc21. The molecule has 1 aliphatic rings. The highest BCUT2D eigenvalue weighted by Crippen LogP contribution is 2.37. The number of aryl methyl sites for hydroxylation is 1. The average molecular weight is 296 g/mol. The zero-order valence-corrected chi connectivity index (χ0v) is 12.7. The highest BCUT2D eigenvalue weighted by atomic mass is 16.5. The number of carbonyl (C=O) groups excluding carboxylic acids is 1. The fourth-order valence-electron chi connectivity index (χ4n) is 3.01. The van der Waals surface area contributed by atoms with Crippen molar-refractivity contribution in [3.63, 3.8) is 0 Å². The number of benzene rings is 2. The van der Waals surface area contributed by atoms with Crippen LogP contribution in [0.3, 0.4) is 0 Å². The second-order valence-electron chi connectivity index (χ2n) is 5.65. The first-order valence-corrected chi connectivity index (χ1v) is 7.62. The number of hydrogen-bond donors (Lipinski definition) is 0. The quantitative estimate of drug-likeness (QED) is 0.786. The Morgan fingerprint density at radius 3 is 2.77 bits per heavy atom. The molecule has 0 N–H and O–H groups in total. The molecule has 22 heavy (non-hydrogen) atoms. The van der Waals surface area contributed by atoms with E-state index in [9.17, 15) is 4.79 Å². The lowest BCUT2D eigenvalue weighted by atomic mass is 9.98. The van der Waals surface area contributed by atoms with Crippen molar-refractivity contribution in [2.45, 2.75) is 31.8 Å². The predicted molar refractivity (Wildman–Crippen MR) is 84.9 cm³/mol. The zero-order valence-electron chi connectivity index (χ0n) is 12.7. The molecule has 0 amide bonds. The third kappa shape index (κ3) is 3.30. The van der Waals surface area contributed by atoms with Crippen LogP contribution >= 0.6 is 0 Å². The molecule has 0 saturated carbocycles. The lowest BCUT2D eigenvalue weighted by Crippen LogP contribution is -2.06. The van der Waals surface area contributed by atoms with E-state index in [4.69, 9.17) is 9.47 Å². The summed E-state index contributed by atoms with van der Waals surface area (Å²) < 4.78 is 10.6. The highest BCUT2D eigenvalue weighted by molar-refractivity contribution is 5.70. The van der Waals surface area contributed by atoms with Crippen molar-refractivity contribution in [1.82, 2.24) is 0 Å². The van der Waals surface area contributed by atoms with Crippen molar-refractivity contribution in [3.05, 3.63) is 65.2 Å². The maximum Gasteiger partial charge on any atom is 0.306 e. The lowest BCUT2D eigenvalue weighted by molar-refractivity contribution is -0.141. The highest BCUT2D eigenvalue weighted by Gasteiger charge is 2.25. The van der Waals surface area contributed by atoms with Crippen LogP contribution in [0.1, 0.15) is 35.4 Å². The first-order valence-electron chi connectivity index (χ1n) is 7.62. The third-order valence-corrected chi connectivity index (χ3v) is 4.21. The summed E-state index contributed by atoms with van der Waals surface area (Å²) in [6, 6.07) is 16.3. The Kier molecular flexibility index (Phi) is 4.42. The van der Waals surface area contributed by atoms with Gasteiger partial charge in [-0.1, -0.05) is 36.4 Å². The molecule has 3 nitrogen and oxygen atoms in total. The molecule has 0 radical (unpaired) electrons. The minimum absolute atomic E-state index is 0.137. The first kappa shape index (κ1) is 14.6. The first-order chi connectivity index (χ1) is 10.8. The Labute approximate surface area is 130 Å². The summed E-state index contributed by atoms with van der Waals surface area (Å²) in [5.41, 5.74) is 3.71. The Bertz CT molecular complexity index is 649.